The van der Waals surface area contributed by atoms with Crippen LogP contribution in [0.3, 0.4) is 0 Å². The van der Waals surface area contributed by atoms with Crippen molar-refractivity contribution in [1.29, 1.82) is 0 Å². The summed E-state index contributed by atoms with van der Waals surface area (Å²) in [4.78, 5) is 4.88. The molecule has 49 heavy (non-hydrogen) atoms. The number of methoxy groups -OCH3 is 1. The SMILES string of the molecule is COc1ccc(Cn2nc(-c3cnn(C(c4ccccc4)(c4ccccc4)c4ccccc4)c3)c3c(NC4CCOCC4)nccc32)cc1. The summed E-state index contributed by atoms with van der Waals surface area (Å²) in [5, 5.41) is 15.2. The monoisotopic (exact) mass is 646 g/mol. The number of nitrogens with one attached hydrogen (secondary N) is 1. The molecule has 1 N–H and O–H groups in total. The number of anilines is 1. The van der Waals surface area contributed by atoms with Gasteiger partial charge in [-0.2, -0.15) is 10.2 Å². The average molecular weight is 647 g/mol. The molecular formula is C41H38N6O2. The molecule has 1 fully saturated rings. The Hall–Kier alpha value is -5.73. The second-order valence-corrected chi connectivity index (χ2v) is 12.4. The van der Waals surface area contributed by atoms with E-state index in [0.29, 0.717) is 6.54 Å². The Labute approximate surface area is 286 Å². The Balaban J connectivity index is 1.31. The minimum absolute atomic E-state index is 0.272. The first-order chi connectivity index (χ1) is 24.2. The summed E-state index contributed by atoms with van der Waals surface area (Å²) in [6.45, 7) is 2.08. The van der Waals surface area contributed by atoms with E-state index in [0.717, 1.165) is 82.0 Å². The Morgan fingerprint density at radius 3 is 2.00 bits per heavy atom. The molecular weight excluding hydrogens is 608 g/mol. The summed E-state index contributed by atoms with van der Waals surface area (Å²) in [6, 6.07) is 42.3. The molecule has 0 aliphatic carbocycles. The molecule has 0 saturated carbocycles. The van der Waals surface area contributed by atoms with Gasteiger partial charge >= 0.3 is 0 Å². The first-order valence-corrected chi connectivity index (χ1v) is 16.8. The quantitative estimate of drug-likeness (QED) is 0.153. The van der Waals surface area contributed by atoms with Crippen molar-refractivity contribution in [3.8, 4) is 17.0 Å². The Kier molecular flexibility index (Phi) is 8.37. The van der Waals surface area contributed by atoms with Gasteiger partial charge in [0.1, 0.15) is 22.8 Å². The predicted molar refractivity (Wildman–Crippen MR) is 193 cm³/mol. The molecule has 0 bridgehead atoms. The maximum Gasteiger partial charge on any atom is 0.138 e. The van der Waals surface area contributed by atoms with E-state index in [-0.39, 0.29) is 6.04 Å². The minimum atomic E-state index is -0.731. The summed E-state index contributed by atoms with van der Waals surface area (Å²) in [5.41, 5.74) is 6.48. The summed E-state index contributed by atoms with van der Waals surface area (Å²) >= 11 is 0. The number of benzene rings is 4. The van der Waals surface area contributed by atoms with Gasteiger partial charge in [-0.25, -0.2) is 4.98 Å². The molecule has 0 amide bonds. The van der Waals surface area contributed by atoms with E-state index < -0.39 is 5.54 Å². The second kappa shape index (κ2) is 13.4. The first-order valence-electron chi connectivity index (χ1n) is 16.8. The van der Waals surface area contributed by atoms with Gasteiger partial charge in [0.05, 0.1) is 30.8 Å². The highest BCUT2D eigenvalue weighted by molar-refractivity contribution is 6.00. The van der Waals surface area contributed by atoms with Gasteiger partial charge in [-0.15, -0.1) is 0 Å². The number of hydrogen-bond acceptors (Lipinski definition) is 6. The lowest BCUT2D eigenvalue weighted by molar-refractivity contribution is 0.0904. The van der Waals surface area contributed by atoms with Crippen molar-refractivity contribution in [2.24, 2.45) is 0 Å². The van der Waals surface area contributed by atoms with Gasteiger partial charge in [0, 0.05) is 37.2 Å². The summed E-state index contributed by atoms with van der Waals surface area (Å²) in [7, 11) is 1.69. The number of hydrogen-bond donors (Lipinski definition) is 1. The number of fused-ring (bicyclic) bond motifs is 1. The van der Waals surface area contributed by atoms with Crippen LogP contribution >= 0.6 is 0 Å². The van der Waals surface area contributed by atoms with Crippen molar-refractivity contribution in [3.63, 3.8) is 0 Å². The van der Waals surface area contributed by atoms with Crippen molar-refractivity contribution in [2.45, 2.75) is 31.0 Å². The molecule has 7 aromatic rings. The maximum atomic E-state index is 5.65. The smallest absolute Gasteiger partial charge is 0.138 e. The molecule has 1 aliphatic rings. The van der Waals surface area contributed by atoms with Gasteiger partial charge in [0.25, 0.3) is 0 Å². The highest BCUT2D eigenvalue weighted by Gasteiger charge is 2.39. The average Bonchev–Trinajstić information content (AvgIpc) is 3.80. The van der Waals surface area contributed by atoms with Gasteiger partial charge in [0.15, 0.2) is 0 Å². The molecule has 0 atom stereocenters. The molecule has 1 saturated heterocycles. The highest BCUT2D eigenvalue weighted by Crippen LogP contribution is 2.42. The number of aromatic nitrogens is 5. The molecule has 0 unspecified atom stereocenters. The Morgan fingerprint density at radius 2 is 1.41 bits per heavy atom. The zero-order chi connectivity index (χ0) is 33.0. The van der Waals surface area contributed by atoms with E-state index in [9.17, 15) is 0 Å². The fourth-order valence-corrected chi connectivity index (χ4v) is 7.06. The van der Waals surface area contributed by atoms with E-state index in [1.54, 1.807) is 7.11 Å². The van der Waals surface area contributed by atoms with Crippen molar-refractivity contribution >= 4 is 16.7 Å². The van der Waals surface area contributed by atoms with Crippen LogP contribution < -0.4 is 10.1 Å². The largest absolute Gasteiger partial charge is 0.497 e. The molecule has 8 heteroatoms. The van der Waals surface area contributed by atoms with Gasteiger partial charge < -0.3 is 14.8 Å². The third kappa shape index (κ3) is 5.74. The zero-order valence-electron chi connectivity index (χ0n) is 27.4. The number of nitrogens with zero attached hydrogens (tertiary/aromatic N) is 5. The lowest BCUT2D eigenvalue weighted by atomic mass is 9.77. The van der Waals surface area contributed by atoms with Crippen molar-refractivity contribution in [3.05, 3.63) is 162 Å². The van der Waals surface area contributed by atoms with Crippen molar-refractivity contribution in [2.75, 3.05) is 25.6 Å². The molecule has 0 spiro atoms. The highest BCUT2D eigenvalue weighted by atomic mass is 16.5. The topological polar surface area (TPSA) is 79.0 Å². The van der Waals surface area contributed by atoms with E-state index in [2.05, 4.69) is 130 Å². The lowest BCUT2D eigenvalue weighted by Gasteiger charge is -2.36. The molecule has 8 nitrogen and oxygen atoms in total. The molecule has 0 radical (unpaired) electrons. The van der Waals surface area contributed by atoms with Crippen LogP contribution in [0, 0.1) is 0 Å². The second-order valence-electron chi connectivity index (χ2n) is 12.4. The normalized spacial score (nSPS) is 13.8. The van der Waals surface area contributed by atoms with Crippen LogP contribution in [-0.4, -0.2) is 50.9 Å². The van der Waals surface area contributed by atoms with Crippen LogP contribution in [0.25, 0.3) is 22.2 Å². The van der Waals surface area contributed by atoms with Crippen molar-refractivity contribution < 1.29 is 9.47 Å². The van der Waals surface area contributed by atoms with Gasteiger partial charge in [0.2, 0.25) is 0 Å². The zero-order valence-corrected chi connectivity index (χ0v) is 27.4. The van der Waals surface area contributed by atoms with Crippen LogP contribution in [0.15, 0.2) is 140 Å². The molecule has 244 valence electrons. The lowest BCUT2D eigenvalue weighted by Crippen LogP contribution is -2.38. The van der Waals surface area contributed by atoms with Crippen LogP contribution in [0.4, 0.5) is 5.82 Å². The van der Waals surface area contributed by atoms with Crippen LogP contribution in [0.1, 0.15) is 35.1 Å². The summed E-state index contributed by atoms with van der Waals surface area (Å²) in [6.07, 6.45) is 7.80. The molecule has 3 aromatic heterocycles. The van der Waals surface area contributed by atoms with Crippen LogP contribution in [0.5, 0.6) is 5.75 Å². The fraction of sp³-hybridized carbons (Fsp3) is 0.195. The Bertz CT molecular complexity index is 2040. The first kappa shape index (κ1) is 30.6. The standard InChI is InChI=1S/C41H38N6O2/c1-48-36-19-17-30(18-20-36)28-46-37-21-24-42-40(44-35-22-25-49-26-23-35)38(37)39(45-46)31-27-43-47(29-31)41(32-11-5-2-6-12-32,33-13-7-3-8-14-33)34-15-9-4-10-16-34/h2-21,24,27,29,35H,22-23,25-26,28H2,1H3,(H,42,44). The van der Waals surface area contributed by atoms with E-state index in [4.69, 9.17) is 24.7 Å². The van der Waals surface area contributed by atoms with Gasteiger partial charge in [-0.05, 0) is 53.3 Å². The fourth-order valence-electron chi connectivity index (χ4n) is 7.06. The third-order valence-electron chi connectivity index (χ3n) is 9.49. The predicted octanol–water partition coefficient (Wildman–Crippen LogP) is 7.78. The molecule has 8 rings (SSSR count). The van der Waals surface area contributed by atoms with Crippen molar-refractivity contribution in [1.82, 2.24) is 24.5 Å². The van der Waals surface area contributed by atoms with E-state index in [1.807, 2.05) is 24.5 Å². The van der Waals surface area contributed by atoms with E-state index in [1.165, 1.54) is 0 Å². The van der Waals surface area contributed by atoms with E-state index >= 15 is 0 Å². The summed E-state index contributed by atoms with van der Waals surface area (Å²) in [5.74, 6) is 1.65. The third-order valence-corrected chi connectivity index (χ3v) is 9.49. The van der Waals surface area contributed by atoms with Crippen LogP contribution in [0.2, 0.25) is 0 Å². The Morgan fingerprint density at radius 1 is 0.796 bits per heavy atom. The summed E-state index contributed by atoms with van der Waals surface area (Å²) < 4.78 is 15.2. The number of ether oxygens (including phenoxy) is 2. The molecule has 4 heterocycles. The number of pyridine rings is 1. The maximum absolute atomic E-state index is 5.65. The molecule has 1 aliphatic heterocycles. The molecule has 4 aromatic carbocycles. The van der Waals surface area contributed by atoms with Crippen LogP contribution in [-0.2, 0) is 16.8 Å². The minimum Gasteiger partial charge on any atom is -0.497 e. The number of rotatable bonds is 10. The van der Waals surface area contributed by atoms with Gasteiger partial charge in [-0.1, -0.05) is 103 Å². The van der Waals surface area contributed by atoms with Gasteiger partial charge in [-0.3, -0.25) is 9.36 Å².